The van der Waals surface area contributed by atoms with Gasteiger partial charge in [-0.1, -0.05) is 33.6 Å². The van der Waals surface area contributed by atoms with Gasteiger partial charge in [-0.2, -0.15) is 0 Å². The van der Waals surface area contributed by atoms with Crippen LogP contribution in [0, 0.1) is 5.41 Å². The number of unbranched alkanes of at least 4 members (excludes halogenated alkanes) is 2. The number of hydrogen-bond donors (Lipinski definition) is 0. The van der Waals surface area contributed by atoms with Crippen molar-refractivity contribution in [2.45, 2.75) is 40.0 Å². The molecule has 15 heavy (non-hydrogen) atoms. The molecule has 0 rings (SSSR count). The van der Waals surface area contributed by atoms with Crippen molar-refractivity contribution in [1.29, 1.82) is 0 Å². The zero-order valence-electron chi connectivity index (χ0n) is 9.75. The third-order valence-corrected chi connectivity index (χ3v) is 3.40. The lowest BCUT2D eigenvalue weighted by atomic mass is 9.98. The summed E-state index contributed by atoms with van der Waals surface area (Å²) in [4.78, 5) is 0. The van der Waals surface area contributed by atoms with Crippen LogP contribution in [0.4, 0.5) is 0 Å². The minimum absolute atomic E-state index is 0.0463. The monoisotopic (exact) mass is 256 g/mol. The molecule has 0 bridgehead atoms. The van der Waals surface area contributed by atoms with E-state index in [0.29, 0.717) is 13.2 Å². The third-order valence-electron chi connectivity index (χ3n) is 1.95. The zero-order chi connectivity index (χ0) is 11.9. The maximum absolute atomic E-state index is 10.9. The molecular formula is C10H21ClO3S. The molecular weight excluding hydrogens is 236 g/mol. The van der Waals surface area contributed by atoms with E-state index in [2.05, 4.69) is 6.92 Å². The summed E-state index contributed by atoms with van der Waals surface area (Å²) in [6.07, 6.45) is 3.33. The second kappa shape index (κ2) is 6.71. The zero-order valence-corrected chi connectivity index (χ0v) is 11.3. The van der Waals surface area contributed by atoms with Gasteiger partial charge in [0.1, 0.15) is 0 Å². The van der Waals surface area contributed by atoms with E-state index in [1.54, 1.807) is 0 Å². The van der Waals surface area contributed by atoms with Gasteiger partial charge in [0.05, 0.1) is 12.4 Å². The summed E-state index contributed by atoms with van der Waals surface area (Å²) >= 11 is 0. The van der Waals surface area contributed by atoms with E-state index >= 15 is 0 Å². The van der Waals surface area contributed by atoms with Crippen LogP contribution in [0.3, 0.4) is 0 Å². The van der Waals surface area contributed by atoms with E-state index in [9.17, 15) is 8.42 Å². The molecule has 0 spiro atoms. The standard InChI is InChI=1S/C10H21ClO3S/c1-4-5-6-7-14-8-10(2,3)9-15(11,12)13/h4-9H2,1-3H3. The van der Waals surface area contributed by atoms with Gasteiger partial charge in [0.2, 0.25) is 9.05 Å². The second-order valence-corrected chi connectivity index (χ2v) is 7.38. The summed E-state index contributed by atoms with van der Waals surface area (Å²) in [5, 5.41) is 0. The van der Waals surface area contributed by atoms with Gasteiger partial charge in [0, 0.05) is 22.7 Å². The van der Waals surface area contributed by atoms with Crippen molar-refractivity contribution in [1.82, 2.24) is 0 Å². The van der Waals surface area contributed by atoms with Gasteiger partial charge >= 0.3 is 0 Å². The first-order chi connectivity index (χ1) is 6.77. The van der Waals surface area contributed by atoms with Crippen molar-refractivity contribution >= 4 is 19.7 Å². The Morgan fingerprint density at radius 1 is 1.27 bits per heavy atom. The Labute approximate surface area is 97.6 Å². The first-order valence-electron chi connectivity index (χ1n) is 5.27. The number of ether oxygens (including phenoxy) is 1. The van der Waals surface area contributed by atoms with Gasteiger partial charge in [0.25, 0.3) is 0 Å². The molecule has 0 aliphatic carbocycles. The Kier molecular flexibility index (Phi) is 6.80. The normalized spacial score (nSPS) is 13.1. The van der Waals surface area contributed by atoms with E-state index in [-0.39, 0.29) is 5.75 Å². The maximum atomic E-state index is 10.9. The van der Waals surface area contributed by atoms with Crippen LogP contribution in [0.2, 0.25) is 0 Å². The van der Waals surface area contributed by atoms with Gasteiger partial charge in [0.15, 0.2) is 0 Å². The predicted octanol–water partition coefficient (Wildman–Crippen LogP) is 2.79. The van der Waals surface area contributed by atoms with Crippen LogP contribution in [0.25, 0.3) is 0 Å². The van der Waals surface area contributed by atoms with Crippen LogP contribution in [0.1, 0.15) is 40.0 Å². The van der Waals surface area contributed by atoms with Crippen molar-refractivity contribution in [2.24, 2.45) is 5.41 Å². The lowest BCUT2D eigenvalue weighted by Crippen LogP contribution is -2.27. The molecule has 0 heterocycles. The topological polar surface area (TPSA) is 43.4 Å². The SMILES string of the molecule is CCCCCOCC(C)(C)CS(=O)(=O)Cl. The Hall–Kier alpha value is 0.200. The molecule has 0 aromatic rings. The first-order valence-corrected chi connectivity index (χ1v) is 7.75. The highest BCUT2D eigenvalue weighted by Gasteiger charge is 2.25. The van der Waals surface area contributed by atoms with E-state index in [1.165, 1.54) is 0 Å². The Morgan fingerprint density at radius 3 is 2.33 bits per heavy atom. The third kappa shape index (κ3) is 10.5. The van der Waals surface area contributed by atoms with Crippen LogP contribution < -0.4 is 0 Å². The molecule has 3 nitrogen and oxygen atoms in total. The molecule has 0 fully saturated rings. The summed E-state index contributed by atoms with van der Waals surface area (Å²) < 4.78 is 27.2. The van der Waals surface area contributed by atoms with Crippen LogP contribution >= 0.6 is 10.7 Å². The smallest absolute Gasteiger partial charge is 0.233 e. The van der Waals surface area contributed by atoms with Crippen LogP contribution in [0.15, 0.2) is 0 Å². The van der Waals surface area contributed by atoms with Gasteiger partial charge in [-0.3, -0.25) is 0 Å². The molecule has 0 N–H and O–H groups in total. The molecule has 0 amide bonds. The van der Waals surface area contributed by atoms with Crippen LogP contribution in [-0.2, 0) is 13.8 Å². The van der Waals surface area contributed by atoms with E-state index in [0.717, 1.165) is 19.3 Å². The average Bonchev–Trinajstić information content (AvgIpc) is 1.99. The summed E-state index contributed by atoms with van der Waals surface area (Å²) in [7, 11) is 1.76. The molecule has 5 heteroatoms. The summed E-state index contributed by atoms with van der Waals surface area (Å²) in [6.45, 7) is 6.94. The summed E-state index contributed by atoms with van der Waals surface area (Å²) in [5.74, 6) is -0.0463. The largest absolute Gasteiger partial charge is 0.381 e. The molecule has 0 atom stereocenters. The maximum Gasteiger partial charge on any atom is 0.233 e. The number of halogens is 1. The molecule has 0 aromatic carbocycles. The van der Waals surface area contributed by atoms with Gasteiger partial charge in [-0.15, -0.1) is 0 Å². The van der Waals surface area contributed by atoms with Crippen molar-refractivity contribution in [3.8, 4) is 0 Å². The number of rotatable bonds is 8. The molecule has 0 saturated heterocycles. The molecule has 0 radical (unpaired) electrons. The molecule has 0 saturated carbocycles. The highest BCUT2D eigenvalue weighted by atomic mass is 35.7. The molecule has 92 valence electrons. The molecule has 0 unspecified atom stereocenters. The second-order valence-electron chi connectivity index (χ2n) is 4.61. The minimum Gasteiger partial charge on any atom is -0.381 e. The Morgan fingerprint density at radius 2 is 1.87 bits per heavy atom. The van der Waals surface area contributed by atoms with Crippen molar-refractivity contribution in [3.05, 3.63) is 0 Å². The van der Waals surface area contributed by atoms with Gasteiger partial charge in [-0.25, -0.2) is 8.42 Å². The minimum atomic E-state index is -3.44. The molecule has 0 aliphatic rings. The van der Waals surface area contributed by atoms with Gasteiger partial charge in [-0.05, 0) is 6.42 Å². The molecule has 0 aliphatic heterocycles. The summed E-state index contributed by atoms with van der Waals surface area (Å²) in [6, 6.07) is 0. The van der Waals surface area contributed by atoms with Gasteiger partial charge < -0.3 is 4.74 Å². The highest BCUT2D eigenvalue weighted by Crippen LogP contribution is 2.20. The van der Waals surface area contributed by atoms with E-state index in [1.807, 2.05) is 13.8 Å². The Bertz CT molecular complexity index is 260. The van der Waals surface area contributed by atoms with Crippen molar-refractivity contribution < 1.29 is 13.2 Å². The Balaban J connectivity index is 3.75. The average molecular weight is 257 g/mol. The quantitative estimate of drug-likeness (QED) is 0.495. The fourth-order valence-corrected chi connectivity index (χ4v) is 3.21. The highest BCUT2D eigenvalue weighted by molar-refractivity contribution is 8.13. The van der Waals surface area contributed by atoms with E-state index < -0.39 is 14.5 Å². The lowest BCUT2D eigenvalue weighted by Gasteiger charge is -2.22. The van der Waals surface area contributed by atoms with Crippen molar-refractivity contribution in [3.63, 3.8) is 0 Å². The van der Waals surface area contributed by atoms with Crippen LogP contribution in [0.5, 0.6) is 0 Å². The first kappa shape index (κ1) is 15.2. The lowest BCUT2D eigenvalue weighted by molar-refractivity contribution is 0.0703. The fraction of sp³-hybridized carbons (Fsp3) is 1.00. The van der Waals surface area contributed by atoms with Crippen molar-refractivity contribution in [2.75, 3.05) is 19.0 Å². The predicted molar refractivity (Wildman–Crippen MR) is 63.8 cm³/mol. The van der Waals surface area contributed by atoms with E-state index in [4.69, 9.17) is 15.4 Å². The summed E-state index contributed by atoms with van der Waals surface area (Å²) in [5.41, 5.74) is -0.410. The van der Waals surface area contributed by atoms with Crippen LogP contribution in [-0.4, -0.2) is 27.4 Å². The number of hydrogen-bond acceptors (Lipinski definition) is 3. The molecule has 0 aromatic heterocycles. The fourth-order valence-electron chi connectivity index (χ4n) is 1.31.